The molecule has 2 amide bonds. The molecular weight excluding hydrogens is 416 g/mol. The fraction of sp³-hybridized carbons (Fsp3) is 0.400. The molecule has 1 N–H and O–H groups in total. The van der Waals surface area contributed by atoms with Crippen LogP contribution in [0.15, 0.2) is 48.8 Å². The lowest BCUT2D eigenvalue weighted by Crippen LogP contribution is -2.45. The van der Waals surface area contributed by atoms with Gasteiger partial charge in [-0.3, -0.25) is 14.6 Å². The third kappa shape index (κ3) is 4.94. The summed E-state index contributed by atoms with van der Waals surface area (Å²) in [5.41, 5.74) is 2.57. The number of hydrogen-bond acceptors (Lipinski definition) is 5. The van der Waals surface area contributed by atoms with Gasteiger partial charge in [0.05, 0.1) is 5.41 Å². The van der Waals surface area contributed by atoms with Crippen molar-refractivity contribution < 1.29 is 9.59 Å². The van der Waals surface area contributed by atoms with E-state index in [-0.39, 0.29) is 18.4 Å². The second kappa shape index (κ2) is 9.52. The maximum absolute atomic E-state index is 13.2. The molecule has 2 aromatic heterocycles. The van der Waals surface area contributed by atoms with Gasteiger partial charge in [0.2, 0.25) is 11.8 Å². The SMILES string of the molecule is CCNC(=O)[C@@]1(Cc2ccc(-c3cccnc3)cc2)CCN(C(=O)Cn2nc(C)nc2C)C1. The predicted molar refractivity (Wildman–Crippen MR) is 125 cm³/mol. The summed E-state index contributed by atoms with van der Waals surface area (Å²) in [4.78, 5) is 36.4. The van der Waals surface area contributed by atoms with E-state index in [1.54, 1.807) is 15.8 Å². The summed E-state index contributed by atoms with van der Waals surface area (Å²) in [6, 6.07) is 12.2. The van der Waals surface area contributed by atoms with Crippen LogP contribution in [0, 0.1) is 19.3 Å². The normalized spacial score (nSPS) is 17.8. The molecule has 0 aliphatic carbocycles. The zero-order valence-electron chi connectivity index (χ0n) is 19.4. The number of amides is 2. The van der Waals surface area contributed by atoms with Crippen LogP contribution in [0.1, 0.15) is 30.6 Å². The van der Waals surface area contributed by atoms with Gasteiger partial charge in [-0.25, -0.2) is 9.67 Å². The molecule has 1 aliphatic rings. The van der Waals surface area contributed by atoms with E-state index in [4.69, 9.17) is 0 Å². The summed E-state index contributed by atoms with van der Waals surface area (Å²) >= 11 is 0. The predicted octanol–water partition coefficient (Wildman–Crippen LogP) is 2.55. The van der Waals surface area contributed by atoms with E-state index in [1.165, 1.54) is 0 Å². The Kier molecular flexibility index (Phi) is 6.53. The van der Waals surface area contributed by atoms with Gasteiger partial charge in [0.25, 0.3) is 0 Å². The lowest BCUT2D eigenvalue weighted by Gasteiger charge is -2.28. The molecule has 3 heterocycles. The minimum atomic E-state index is -0.644. The summed E-state index contributed by atoms with van der Waals surface area (Å²) in [7, 11) is 0. The molecule has 4 rings (SSSR count). The Morgan fingerprint density at radius 3 is 2.55 bits per heavy atom. The Hall–Kier alpha value is -3.55. The summed E-state index contributed by atoms with van der Waals surface area (Å²) in [6.07, 6.45) is 4.80. The molecule has 0 saturated carbocycles. The number of benzene rings is 1. The van der Waals surface area contributed by atoms with Crippen LogP contribution in [-0.2, 0) is 22.6 Å². The zero-order valence-corrected chi connectivity index (χ0v) is 19.4. The lowest BCUT2D eigenvalue weighted by molar-refractivity contribution is -0.133. The average molecular weight is 447 g/mol. The minimum absolute atomic E-state index is 0.00409. The molecule has 8 heteroatoms. The van der Waals surface area contributed by atoms with Crippen LogP contribution < -0.4 is 5.32 Å². The van der Waals surface area contributed by atoms with Crippen molar-refractivity contribution in [1.29, 1.82) is 0 Å². The van der Waals surface area contributed by atoms with Gasteiger partial charge in [-0.05, 0) is 56.4 Å². The first kappa shape index (κ1) is 22.6. The number of hydrogen-bond donors (Lipinski definition) is 1. The number of nitrogens with one attached hydrogen (secondary N) is 1. The van der Waals surface area contributed by atoms with Gasteiger partial charge in [0.15, 0.2) is 0 Å². The van der Waals surface area contributed by atoms with Gasteiger partial charge in [-0.1, -0.05) is 30.3 Å². The van der Waals surface area contributed by atoms with Crippen molar-refractivity contribution >= 4 is 11.8 Å². The fourth-order valence-corrected chi connectivity index (χ4v) is 4.52. The molecule has 3 aromatic rings. The molecule has 0 radical (unpaired) electrons. The van der Waals surface area contributed by atoms with Gasteiger partial charge >= 0.3 is 0 Å². The molecule has 8 nitrogen and oxygen atoms in total. The van der Waals surface area contributed by atoms with E-state index in [1.807, 2.05) is 39.1 Å². The summed E-state index contributed by atoms with van der Waals surface area (Å²) in [5, 5.41) is 7.29. The molecule has 33 heavy (non-hydrogen) atoms. The Labute approximate surface area is 194 Å². The monoisotopic (exact) mass is 446 g/mol. The molecule has 172 valence electrons. The molecule has 0 bridgehead atoms. The first-order valence-corrected chi connectivity index (χ1v) is 11.3. The Morgan fingerprint density at radius 2 is 1.91 bits per heavy atom. The third-order valence-electron chi connectivity index (χ3n) is 6.26. The third-order valence-corrected chi connectivity index (χ3v) is 6.26. The van der Waals surface area contributed by atoms with E-state index in [0.717, 1.165) is 16.7 Å². The molecule has 1 atom stereocenters. The molecule has 1 fully saturated rings. The second-order valence-corrected chi connectivity index (χ2v) is 8.68. The Balaban J connectivity index is 1.50. The number of carbonyl (C=O) groups is 2. The number of aryl methyl sites for hydroxylation is 2. The molecule has 0 spiro atoms. The summed E-state index contributed by atoms with van der Waals surface area (Å²) < 4.78 is 1.63. The topological polar surface area (TPSA) is 93.0 Å². The lowest BCUT2D eigenvalue weighted by atomic mass is 9.79. The smallest absolute Gasteiger partial charge is 0.244 e. The van der Waals surface area contributed by atoms with Crippen LogP contribution >= 0.6 is 0 Å². The standard InChI is InChI=1S/C25H30N6O2/c1-4-27-24(33)25(14-20-7-9-21(10-8-20)22-6-5-12-26-15-22)11-13-30(17-25)23(32)16-31-19(3)28-18(2)29-31/h5-10,12,15H,4,11,13-14,16-17H2,1-3H3,(H,27,33)/t25-/m1/s1. The number of carbonyl (C=O) groups excluding carboxylic acids is 2. The first-order chi connectivity index (χ1) is 15.9. The molecular formula is C25H30N6O2. The molecule has 0 unspecified atom stereocenters. The van der Waals surface area contributed by atoms with E-state index < -0.39 is 5.41 Å². The number of pyridine rings is 1. The van der Waals surface area contributed by atoms with Gasteiger partial charge in [-0.2, -0.15) is 5.10 Å². The second-order valence-electron chi connectivity index (χ2n) is 8.68. The highest BCUT2D eigenvalue weighted by atomic mass is 16.2. The zero-order chi connectivity index (χ0) is 23.4. The highest BCUT2D eigenvalue weighted by Gasteiger charge is 2.45. The fourth-order valence-electron chi connectivity index (χ4n) is 4.52. The van der Waals surface area contributed by atoms with E-state index >= 15 is 0 Å². The van der Waals surface area contributed by atoms with E-state index in [9.17, 15) is 9.59 Å². The van der Waals surface area contributed by atoms with Gasteiger partial charge in [0.1, 0.15) is 18.2 Å². The largest absolute Gasteiger partial charge is 0.356 e. The Morgan fingerprint density at radius 1 is 1.12 bits per heavy atom. The van der Waals surface area contributed by atoms with Gasteiger partial charge < -0.3 is 10.2 Å². The number of aromatic nitrogens is 4. The van der Waals surface area contributed by atoms with Crippen LogP contribution in [0.5, 0.6) is 0 Å². The molecule has 1 aromatic carbocycles. The van der Waals surface area contributed by atoms with Crippen molar-refractivity contribution in [2.24, 2.45) is 5.41 Å². The van der Waals surface area contributed by atoms with Crippen molar-refractivity contribution in [1.82, 2.24) is 30.0 Å². The Bertz CT molecular complexity index is 1130. The average Bonchev–Trinajstić information content (AvgIpc) is 3.38. The van der Waals surface area contributed by atoms with Crippen molar-refractivity contribution in [3.8, 4) is 11.1 Å². The van der Waals surface area contributed by atoms with Crippen LogP contribution in [0.4, 0.5) is 0 Å². The number of rotatable bonds is 7. The van der Waals surface area contributed by atoms with Crippen molar-refractivity contribution in [2.45, 2.75) is 40.2 Å². The maximum Gasteiger partial charge on any atom is 0.244 e. The van der Waals surface area contributed by atoms with Gasteiger partial charge in [-0.15, -0.1) is 0 Å². The van der Waals surface area contributed by atoms with E-state index in [2.05, 4.69) is 44.6 Å². The number of likely N-dealkylation sites (tertiary alicyclic amines) is 1. The van der Waals surface area contributed by atoms with Crippen molar-refractivity contribution in [2.75, 3.05) is 19.6 Å². The van der Waals surface area contributed by atoms with Crippen molar-refractivity contribution in [3.63, 3.8) is 0 Å². The van der Waals surface area contributed by atoms with Crippen LogP contribution in [0.3, 0.4) is 0 Å². The minimum Gasteiger partial charge on any atom is -0.356 e. The van der Waals surface area contributed by atoms with E-state index in [0.29, 0.717) is 44.1 Å². The molecule has 1 aliphatic heterocycles. The van der Waals surface area contributed by atoms with Gasteiger partial charge in [0, 0.05) is 32.0 Å². The quantitative estimate of drug-likeness (QED) is 0.602. The van der Waals surface area contributed by atoms with Crippen molar-refractivity contribution in [3.05, 3.63) is 66.0 Å². The van der Waals surface area contributed by atoms with Crippen LogP contribution in [-0.4, -0.2) is 56.1 Å². The van der Waals surface area contributed by atoms with Crippen LogP contribution in [0.25, 0.3) is 11.1 Å². The van der Waals surface area contributed by atoms with Crippen LogP contribution in [0.2, 0.25) is 0 Å². The number of nitrogens with zero attached hydrogens (tertiary/aromatic N) is 5. The summed E-state index contributed by atoms with van der Waals surface area (Å²) in [6.45, 7) is 7.21. The first-order valence-electron chi connectivity index (χ1n) is 11.3. The maximum atomic E-state index is 13.2. The highest BCUT2D eigenvalue weighted by Crippen LogP contribution is 2.35. The molecule has 1 saturated heterocycles. The summed E-state index contributed by atoms with van der Waals surface area (Å²) in [5.74, 6) is 1.32. The highest BCUT2D eigenvalue weighted by molar-refractivity contribution is 5.85.